The molecule has 9 nitrogen and oxygen atoms in total. The van der Waals surface area contributed by atoms with Gasteiger partial charge in [0, 0.05) is 12.8 Å². The zero-order valence-electron chi connectivity index (χ0n) is 58.5. The van der Waals surface area contributed by atoms with Crippen LogP contribution in [0.15, 0.2) is 97.2 Å². The normalized spacial score (nSPS) is 14.0. The van der Waals surface area contributed by atoms with Crippen LogP contribution in [-0.4, -0.2) is 74.3 Å². The molecule has 0 spiro atoms. The Morgan fingerprint density at radius 3 is 1.10 bits per heavy atom. The van der Waals surface area contributed by atoms with Crippen LogP contribution in [0.3, 0.4) is 0 Å². The lowest BCUT2D eigenvalue weighted by Crippen LogP contribution is -2.47. The van der Waals surface area contributed by atoms with Crippen LogP contribution in [0, 0.1) is 0 Å². The number of amides is 1. The second kappa shape index (κ2) is 66.8. The molecule has 0 radical (unpaired) electrons. The summed E-state index contributed by atoms with van der Waals surface area (Å²) in [5, 5.41) is 3.06. The van der Waals surface area contributed by atoms with E-state index in [1.165, 1.54) is 193 Å². The molecule has 0 aliphatic carbocycles. The van der Waals surface area contributed by atoms with E-state index in [0.717, 1.165) is 103 Å². The van der Waals surface area contributed by atoms with Crippen molar-refractivity contribution in [1.29, 1.82) is 0 Å². The van der Waals surface area contributed by atoms with E-state index in [-0.39, 0.29) is 31.5 Å². The Labute approximate surface area is 545 Å². The summed E-state index contributed by atoms with van der Waals surface area (Å²) in [5.74, 6) is -0.527. The number of hydrogen-bond donors (Lipinski definition) is 2. The first-order valence-electron chi connectivity index (χ1n) is 37.1. The quantitative estimate of drug-likeness (QED) is 0.0205. The van der Waals surface area contributed by atoms with Gasteiger partial charge in [-0.1, -0.05) is 311 Å². The van der Waals surface area contributed by atoms with Crippen molar-refractivity contribution < 1.29 is 37.3 Å². The maximum Gasteiger partial charge on any atom is 0.472 e. The highest BCUT2D eigenvalue weighted by atomic mass is 31.2. The third-order valence-corrected chi connectivity index (χ3v) is 17.2. The number of esters is 1. The third kappa shape index (κ3) is 67.3. The molecule has 0 aliphatic heterocycles. The van der Waals surface area contributed by atoms with Crippen molar-refractivity contribution in [3.05, 3.63) is 97.2 Å². The fourth-order valence-electron chi connectivity index (χ4n) is 10.6. The van der Waals surface area contributed by atoms with Gasteiger partial charge >= 0.3 is 13.8 Å². The first-order valence-corrected chi connectivity index (χ1v) is 38.6. The van der Waals surface area contributed by atoms with E-state index in [1.54, 1.807) is 0 Å². The average Bonchev–Trinajstić information content (AvgIpc) is 3.53. The number of carbonyl (C=O) groups is 2. The predicted octanol–water partition coefficient (Wildman–Crippen LogP) is 23.8. The predicted molar refractivity (Wildman–Crippen MR) is 383 cm³/mol. The van der Waals surface area contributed by atoms with Crippen LogP contribution in [0.1, 0.15) is 335 Å². The Hall–Kier alpha value is -3.07. The number of hydrogen-bond acceptors (Lipinski definition) is 6. The molecule has 0 aromatic rings. The second-order valence-electron chi connectivity index (χ2n) is 26.1. The zero-order chi connectivity index (χ0) is 64.2. The van der Waals surface area contributed by atoms with Crippen molar-refractivity contribution in [2.45, 2.75) is 348 Å². The molecule has 10 heteroatoms. The standard InChI is InChI=1S/C78H141N2O7P/c1-7-10-13-16-19-22-25-28-30-32-34-36-38-39-40-41-43-45-47-49-51-53-56-59-62-65-68-71-78(82)87-76(69-66-63-60-57-54-27-24-21-18-15-12-9-3)75(74-86-88(83,84)85-73-72-80(4,5)6)79-77(81)70-67-64-61-58-55-52-50-48-46-44-42-37-35-33-31-29-26-23-20-17-14-11-8-2/h11,14,20,23,28-31,35,37,44,46,50,52,66,69,75-76H,7-10,12-13,15-19,21-22,24-27,32-34,36,38-43,45,47-49,51,53-65,67-68,70-74H2,1-6H3,(H-,79,81,83,84)/p+1/b14-11-,23-20-,30-28+,31-29-,37-35-,46-44-,52-50-,69-66+. The SMILES string of the molecule is CC/C=C\C/C=C\C/C=C\C/C=C\C/C=C\C/C=C\CCCCCCC(=O)NC(COP(=O)(O)OCC[N+](C)(C)C)C(/C=C/CCCCCCCCCCCC)OC(=O)CCCCCCCCCCCCCCCCCCC/C=C/CCCCCCCC. The molecule has 0 heterocycles. The van der Waals surface area contributed by atoms with Crippen molar-refractivity contribution in [3.8, 4) is 0 Å². The first-order chi connectivity index (χ1) is 42.9. The number of phosphoric ester groups is 1. The van der Waals surface area contributed by atoms with Gasteiger partial charge in [-0.05, 0) is 109 Å². The Balaban J connectivity index is 5.05. The van der Waals surface area contributed by atoms with Crippen LogP contribution in [0.4, 0.5) is 0 Å². The summed E-state index contributed by atoms with van der Waals surface area (Å²) in [6, 6.07) is -0.868. The summed E-state index contributed by atoms with van der Waals surface area (Å²) in [4.78, 5) is 37.9. The number of rotatable bonds is 67. The fourth-order valence-corrected chi connectivity index (χ4v) is 11.3. The summed E-state index contributed by atoms with van der Waals surface area (Å²) in [6.45, 7) is 6.90. The van der Waals surface area contributed by atoms with Gasteiger partial charge < -0.3 is 19.4 Å². The van der Waals surface area contributed by atoms with E-state index in [9.17, 15) is 19.0 Å². The molecule has 0 aliphatic rings. The van der Waals surface area contributed by atoms with Gasteiger partial charge in [-0.2, -0.15) is 0 Å². The summed E-state index contributed by atoms with van der Waals surface area (Å²) in [7, 11) is 1.48. The first kappa shape index (κ1) is 84.9. The maximum atomic E-state index is 13.6. The Morgan fingerprint density at radius 2 is 0.727 bits per heavy atom. The maximum absolute atomic E-state index is 13.6. The molecule has 510 valence electrons. The number of ether oxygens (including phenoxy) is 1. The number of unbranched alkanes of at least 4 members (excludes halogenated alkanes) is 37. The van der Waals surface area contributed by atoms with Crippen LogP contribution in [0.25, 0.3) is 0 Å². The summed E-state index contributed by atoms with van der Waals surface area (Å²) in [5.41, 5.74) is 0. The number of carbonyl (C=O) groups excluding carboxylic acids is 2. The van der Waals surface area contributed by atoms with Crippen LogP contribution >= 0.6 is 7.82 Å². The van der Waals surface area contributed by atoms with Crippen LogP contribution in [-0.2, 0) is 27.9 Å². The van der Waals surface area contributed by atoms with E-state index < -0.39 is 20.0 Å². The molecule has 0 aromatic carbocycles. The molecule has 2 N–H and O–H groups in total. The Morgan fingerprint density at radius 1 is 0.409 bits per heavy atom. The molecule has 88 heavy (non-hydrogen) atoms. The van der Waals surface area contributed by atoms with Gasteiger partial charge in [0.1, 0.15) is 19.3 Å². The average molecular weight is 1250 g/mol. The van der Waals surface area contributed by atoms with Crippen molar-refractivity contribution >= 4 is 19.7 Å². The number of nitrogens with zero attached hydrogens (tertiary/aromatic N) is 1. The summed E-state index contributed by atoms with van der Waals surface area (Å²) in [6.07, 6.45) is 91.5. The van der Waals surface area contributed by atoms with Gasteiger partial charge in [-0.3, -0.25) is 18.6 Å². The molecule has 0 rings (SSSR count). The van der Waals surface area contributed by atoms with Gasteiger partial charge in [0.05, 0.1) is 33.8 Å². The fraction of sp³-hybridized carbons (Fsp3) is 0.769. The monoisotopic (exact) mass is 1250 g/mol. The molecule has 1 amide bonds. The largest absolute Gasteiger partial charge is 0.472 e. The smallest absolute Gasteiger partial charge is 0.456 e. The van der Waals surface area contributed by atoms with Gasteiger partial charge in [0.25, 0.3) is 0 Å². The number of likely N-dealkylation sites (N-methyl/N-ethyl adjacent to an activating group) is 1. The molecule has 0 saturated heterocycles. The van der Waals surface area contributed by atoms with Crippen molar-refractivity contribution in [1.82, 2.24) is 5.32 Å². The molecule has 3 atom stereocenters. The van der Waals surface area contributed by atoms with E-state index in [0.29, 0.717) is 23.9 Å². The minimum Gasteiger partial charge on any atom is -0.456 e. The van der Waals surface area contributed by atoms with Gasteiger partial charge in [-0.15, -0.1) is 0 Å². The molecule has 0 fully saturated rings. The minimum absolute atomic E-state index is 0.0318. The molecule has 0 saturated carbocycles. The van der Waals surface area contributed by atoms with Gasteiger partial charge in [0.15, 0.2) is 0 Å². The zero-order valence-corrected chi connectivity index (χ0v) is 59.3. The molecule has 0 aromatic heterocycles. The summed E-state index contributed by atoms with van der Waals surface area (Å²) >= 11 is 0. The number of quaternary nitrogens is 1. The molecular formula is C78H142N2O7P+. The molecule has 3 unspecified atom stereocenters. The Kier molecular flexibility index (Phi) is 64.5. The second-order valence-corrected chi connectivity index (χ2v) is 27.5. The van der Waals surface area contributed by atoms with Crippen LogP contribution in [0.2, 0.25) is 0 Å². The van der Waals surface area contributed by atoms with E-state index >= 15 is 0 Å². The third-order valence-electron chi connectivity index (χ3n) is 16.3. The lowest BCUT2D eigenvalue weighted by Gasteiger charge is -2.27. The van der Waals surface area contributed by atoms with Crippen molar-refractivity contribution in [2.75, 3.05) is 40.9 Å². The van der Waals surface area contributed by atoms with Gasteiger partial charge in [-0.25, -0.2) is 4.57 Å². The lowest BCUT2D eigenvalue weighted by molar-refractivity contribution is -0.870. The molecular weight excluding hydrogens is 1110 g/mol. The van der Waals surface area contributed by atoms with E-state index in [2.05, 4.69) is 111 Å². The highest BCUT2D eigenvalue weighted by molar-refractivity contribution is 7.47. The van der Waals surface area contributed by atoms with Crippen molar-refractivity contribution in [3.63, 3.8) is 0 Å². The highest BCUT2D eigenvalue weighted by Gasteiger charge is 2.30. The van der Waals surface area contributed by atoms with E-state index in [1.807, 2.05) is 33.3 Å². The van der Waals surface area contributed by atoms with Gasteiger partial charge in [0.2, 0.25) is 5.91 Å². The topological polar surface area (TPSA) is 111 Å². The number of allylic oxidation sites excluding steroid dienone is 15. The number of nitrogens with one attached hydrogen (secondary N) is 1. The van der Waals surface area contributed by atoms with E-state index in [4.69, 9.17) is 13.8 Å². The lowest BCUT2D eigenvalue weighted by atomic mass is 10.0. The number of phosphoric acid groups is 1. The highest BCUT2D eigenvalue weighted by Crippen LogP contribution is 2.43. The van der Waals surface area contributed by atoms with Crippen LogP contribution in [0.5, 0.6) is 0 Å². The summed E-state index contributed by atoms with van der Waals surface area (Å²) < 4.78 is 30.8. The molecule has 0 bridgehead atoms. The Bertz CT molecular complexity index is 1830. The minimum atomic E-state index is -4.47. The van der Waals surface area contributed by atoms with Crippen molar-refractivity contribution in [2.24, 2.45) is 0 Å². The van der Waals surface area contributed by atoms with Crippen LogP contribution < -0.4 is 5.32 Å².